The van der Waals surface area contributed by atoms with E-state index in [4.69, 9.17) is 5.73 Å². The number of phenols is 1. The Morgan fingerprint density at radius 1 is 1.00 bits per heavy atom. The Labute approximate surface area is 113 Å². The van der Waals surface area contributed by atoms with E-state index in [2.05, 4.69) is 6.07 Å². The third-order valence-electron chi connectivity index (χ3n) is 3.38. The second-order valence-electron chi connectivity index (χ2n) is 4.65. The number of hydrogen-bond donors (Lipinski definition) is 2. The maximum Gasteiger partial charge on any atom is 0.119 e. The van der Waals surface area contributed by atoms with Crippen LogP contribution in [0, 0.1) is 0 Å². The molecule has 2 aromatic rings. The Bertz CT molecular complexity index is 541. The molecule has 3 N–H and O–H groups in total. The first-order valence-corrected chi connectivity index (χ1v) is 5.89. The van der Waals surface area contributed by atoms with E-state index in [0.717, 1.165) is 23.1 Å². The fraction of sp³-hybridized carbons (Fsp3) is 0.200. The number of nitrogens with two attached hydrogens (primary N) is 1. The van der Waals surface area contributed by atoms with E-state index in [0.29, 0.717) is 11.7 Å². The van der Waals surface area contributed by atoms with Gasteiger partial charge in [0.15, 0.2) is 0 Å². The van der Waals surface area contributed by atoms with E-state index >= 15 is 0 Å². The second kappa shape index (κ2) is 5.01. The van der Waals surface area contributed by atoms with Gasteiger partial charge >= 0.3 is 0 Å². The SMILES string of the molecule is Cl.N[C@H]1C[C@@H]1c1ccc(-c2ccccc2)cc1O. The molecule has 1 saturated carbocycles. The summed E-state index contributed by atoms with van der Waals surface area (Å²) in [5.41, 5.74) is 8.95. The van der Waals surface area contributed by atoms with E-state index in [1.165, 1.54) is 0 Å². The van der Waals surface area contributed by atoms with Crippen molar-refractivity contribution in [2.24, 2.45) is 5.73 Å². The summed E-state index contributed by atoms with van der Waals surface area (Å²) < 4.78 is 0. The molecule has 0 radical (unpaired) electrons. The van der Waals surface area contributed by atoms with Crippen LogP contribution in [0.4, 0.5) is 0 Å². The minimum atomic E-state index is 0. The summed E-state index contributed by atoms with van der Waals surface area (Å²) in [6, 6.07) is 16.2. The second-order valence-corrected chi connectivity index (χ2v) is 4.65. The highest BCUT2D eigenvalue weighted by Gasteiger charge is 2.36. The largest absolute Gasteiger partial charge is 0.508 e. The maximum atomic E-state index is 10.0. The van der Waals surface area contributed by atoms with Gasteiger partial charge in [-0.05, 0) is 29.2 Å². The van der Waals surface area contributed by atoms with Gasteiger partial charge in [0, 0.05) is 12.0 Å². The minimum Gasteiger partial charge on any atom is -0.508 e. The molecule has 0 saturated heterocycles. The highest BCUT2D eigenvalue weighted by molar-refractivity contribution is 5.85. The molecule has 18 heavy (non-hydrogen) atoms. The Morgan fingerprint density at radius 3 is 2.22 bits per heavy atom. The van der Waals surface area contributed by atoms with Crippen molar-refractivity contribution >= 4 is 12.4 Å². The molecule has 2 nitrogen and oxygen atoms in total. The molecule has 1 aliphatic rings. The van der Waals surface area contributed by atoms with Crippen molar-refractivity contribution in [3.05, 3.63) is 54.1 Å². The van der Waals surface area contributed by atoms with E-state index in [1.807, 2.05) is 42.5 Å². The molecule has 0 bridgehead atoms. The van der Waals surface area contributed by atoms with Crippen molar-refractivity contribution in [3.8, 4) is 16.9 Å². The number of benzene rings is 2. The molecule has 0 aromatic heterocycles. The zero-order valence-corrected chi connectivity index (χ0v) is 10.7. The lowest BCUT2D eigenvalue weighted by atomic mass is 10.0. The van der Waals surface area contributed by atoms with Gasteiger partial charge in [0.05, 0.1) is 0 Å². The lowest BCUT2D eigenvalue weighted by molar-refractivity contribution is 0.468. The van der Waals surface area contributed by atoms with Crippen LogP contribution in [-0.2, 0) is 0 Å². The average molecular weight is 262 g/mol. The topological polar surface area (TPSA) is 46.2 Å². The molecule has 0 amide bonds. The van der Waals surface area contributed by atoms with Crippen LogP contribution < -0.4 is 5.73 Å². The Kier molecular flexibility index (Phi) is 3.60. The van der Waals surface area contributed by atoms with Crippen LogP contribution in [0.3, 0.4) is 0 Å². The van der Waals surface area contributed by atoms with Gasteiger partial charge < -0.3 is 10.8 Å². The molecule has 1 aliphatic carbocycles. The number of halogens is 1. The van der Waals surface area contributed by atoms with Crippen LogP contribution in [-0.4, -0.2) is 11.1 Å². The normalized spacial score (nSPS) is 21.2. The standard InChI is InChI=1S/C15H15NO.ClH/c16-14-9-13(14)12-7-6-11(8-15(12)17)10-4-2-1-3-5-10;/h1-8,13-14,17H,9,16H2;1H/t13-,14+;/m1./s1. The van der Waals surface area contributed by atoms with Crippen LogP contribution in [0.5, 0.6) is 5.75 Å². The zero-order valence-electron chi connectivity index (χ0n) is 9.91. The van der Waals surface area contributed by atoms with Crippen molar-refractivity contribution in [1.29, 1.82) is 0 Å². The van der Waals surface area contributed by atoms with Gasteiger partial charge in [-0.15, -0.1) is 12.4 Å². The lowest BCUT2D eigenvalue weighted by Gasteiger charge is -2.07. The van der Waals surface area contributed by atoms with Crippen LogP contribution >= 0.6 is 12.4 Å². The minimum absolute atomic E-state index is 0. The van der Waals surface area contributed by atoms with Gasteiger partial charge in [-0.1, -0.05) is 42.5 Å². The van der Waals surface area contributed by atoms with Crippen molar-refractivity contribution in [1.82, 2.24) is 0 Å². The smallest absolute Gasteiger partial charge is 0.119 e. The van der Waals surface area contributed by atoms with Crippen molar-refractivity contribution in [2.75, 3.05) is 0 Å². The first-order chi connectivity index (χ1) is 8.25. The van der Waals surface area contributed by atoms with Gasteiger partial charge in [-0.25, -0.2) is 0 Å². The number of aromatic hydroxyl groups is 1. The Balaban J connectivity index is 0.00000120. The third kappa shape index (κ3) is 2.35. The molecule has 0 unspecified atom stereocenters. The summed E-state index contributed by atoms with van der Waals surface area (Å²) in [4.78, 5) is 0. The third-order valence-corrected chi connectivity index (χ3v) is 3.38. The molecular formula is C15H16ClNO. The molecule has 2 aromatic carbocycles. The summed E-state index contributed by atoms with van der Waals surface area (Å²) in [7, 11) is 0. The van der Waals surface area contributed by atoms with E-state index in [9.17, 15) is 5.11 Å². The molecule has 3 heteroatoms. The number of hydrogen-bond acceptors (Lipinski definition) is 2. The first-order valence-electron chi connectivity index (χ1n) is 5.89. The summed E-state index contributed by atoms with van der Waals surface area (Å²) in [5, 5.41) is 10.0. The molecule has 0 heterocycles. The summed E-state index contributed by atoms with van der Waals surface area (Å²) in [5.74, 6) is 0.712. The highest BCUT2D eigenvalue weighted by Crippen LogP contribution is 2.43. The highest BCUT2D eigenvalue weighted by atomic mass is 35.5. The lowest BCUT2D eigenvalue weighted by Crippen LogP contribution is -2.01. The Hall–Kier alpha value is -1.51. The van der Waals surface area contributed by atoms with E-state index in [-0.39, 0.29) is 18.4 Å². The fourth-order valence-electron chi connectivity index (χ4n) is 2.24. The van der Waals surface area contributed by atoms with Gasteiger partial charge in [0.1, 0.15) is 5.75 Å². The van der Waals surface area contributed by atoms with Crippen molar-refractivity contribution in [3.63, 3.8) is 0 Å². The monoisotopic (exact) mass is 261 g/mol. The predicted octanol–water partition coefficient (Wildman–Crippen LogP) is 3.30. The summed E-state index contributed by atoms with van der Waals surface area (Å²) in [6.45, 7) is 0. The molecule has 1 fully saturated rings. The quantitative estimate of drug-likeness (QED) is 0.871. The maximum absolute atomic E-state index is 10.0. The van der Waals surface area contributed by atoms with Crippen LogP contribution in [0.25, 0.3) is 11.1 Å². The summed E-state index contributed by atoms with van der Waals surface area (Å²) in [6.07, 6.45) is 0.984. The van der Waals surface area contributed by atoms with E-state index < -0.39 is 0 Å². The predicted molar refractivity (Wildman–Crippen MR) is 76.1 cm³/mol. The number of rotatable bonds is 2. The van der Waals surface area contributed by atoms with Crippen LogP contribution in [0.2, 0.25) is 0 Å². The first kappa shape index (κ1) is 12.9. The molecule has 3 rings (SSSR count). The van der Waals surface area contributed by atoms with Gasteiger partial charge in [-0.3, -0.25) is 0 Å². The van der Waals surface area contributed by atoms with Gasteiger partial charge in [0.25, 0.3) is 0 Å². The molecular weight excluding hydrogens is 246 g/mol. The van der Waals surface area contributed by atoms with Crippen LogP contribution in [0.1, 0.15) is 17.9 Å². The van der Waals surface area contributed by atoms with Gasteiger partial charge in [0.2, 0.25) is 0 Å². The molecule has 94 valence electrons. The van der Waals surface area contributed by atoms with E-state index in [1.54, 1.807) is 0 Å². The zero-order chi connectivity index (χ0) is 11.8. The summed E-state index contributed by atoms with van der Waals surface area (Å²) >= 11 is 0. The average Bonchev–Trinajstić information content (AvgIpc) is 3.07. The van der Waals surface area contributed by atoms with Crippen LogP contribution in [0.15, 0.2) is 48.5 Å². The Morgan fingerprint density at radius 2 is 1.67 bits per heavy atom. The van der Waals surface area contributed by atoms with Crippen molar-refractivity contribution < 1.29 is 5.11 Å². The molecule has 2 atom stereocenters. The van der Waals surface area contributed by atoms with Gasteiger partial charge in [-0.2, -0.15) is 0 Å². The molecule has 0 aliphatic heterocycles. The molecule has 0 spiro atoms. The number of phenolic OH excluding ortho intramolecular Hbond substituents is 1. The van der Waals surface area contributed by atoms with Crippen molar-refractivity contribution in [2.45, 2.75) is 18.4 Å². The fourth-order valence-corrected chi connectivity index (χ4v) is 2.24.